The smallest absolute Gasteiger partial charge is 0.194 e. The third kappa shape index (κ3) is 2.55. The van der Waals surface area contributed by atoms with Gasteiger partial charge in [0, 0.05) is 18.2 Å². The number of oxazole rings is 1. The summed E-state index contributed by atoms with van der Waals surface area (Å²) in [6, 6.07) is 6.57. The van der Waals surface area contributed by atoms with Crippen molar-refractivity contribution in [2.45, 2.75) is 18.2 Å². The van der Waals surface area contributed by atoms with E-state index >= 15 is 0 Å². The van der Waals surface area contributed by atoms with E-state index < -0.39 is 9.84 Å². The molecular formula is C12H13NO3S. The normalized spacial score (nSPS) is 11.6. The quantitative estimate of drug-likeness (QED) is 0.839. The van der Waals surface area contributed by atoms with E-state index in [0.717, 1.165) is 12.0 Å². The molecule has 1 aromatic heterocycles. The van der Waals surface area contributed by atoms with Gasteiger partial charge in [-0.25, -0.2) is 13.4 Å². The van der Waals surface area contributed by atoms with Gasteiger partial charge in [-0.3, -0.25) is 0 Å². The van der Waals surface area contributed by atoms with Crippen LogP contribution in [0.25, 0.3) is 11.3 Å². The number of benzene rings is 1. The number of rotatable bonds is 3. The third-order valence-electron chi connectivity index (χ3n) is 2.42. The van der Waals surface area contributed by atoms with Crippen LogP contribution >= 0.6 is 0 Å². The Morgan fingerprint density at radius 2 is 1.88 bits per heavy atom. The number of sulfone groups is 1. The fraction of sp³-hybridized carbons (Fsp3) is 0.250. The molecule has 0 bridgehead atoms. The van der Waals surface area contributed by atoms with Crippen molar-refractivity contribution < 1.29 is 12.8 Å². The largest absolute Gasteiger partial charge is 0.441 e. The SMILES string of the molecule is CCc1ncc(-c2ccc(S(C)(=O)=O)cc2)o1. The molecule has 17 heavy (non-hydrogen) atoms. The molecule has 4 nitrogen and oxygen atoms in total. The Labute approximate surface area is 100 Å². The molecule has 5 heteroatoms. The molecule has 0 N–H and O–H groups in total. The van der Waals surface area contributed by atoms with Crippen molar-refractivity contribution in [3.63, 3.8) is 0 Å². The first kappa shape index (κ1) is 11.9. The fourth-order valence-electron chi connectivity index (χ4n) is 1.47. The van der Waals surface area contributed by atoms with Crippen molar-refractivity contribution in [1.82, 2.24) is 4.98 Å². The van der Waals surface area contributed by atoms with Gasteiger partial charge in [-0.2, -0.15) is 0 Å². The molecule has 2 rings (SSSR count). The van der Waals surface area contributed by atoms with Crippen LogP contribution in [-0.4, -0.2) is 19.7 Å². The van der Waals surface area contributed by atoms with E-state index in [1.807, 2.05) is 6.92 Å². The summed E-state index contributed by atoms with van der Waals surface area (Å²) in [5.41, 5.74) is 0.824. The summed E-state index contributed by atoms with van der Waals surface area (Å²) >= 11 is 0. The molecule has 0 aliphatic rings. The lowest BCUT2D eigenvalue weighted by atomic mass is 10.2. The van der Waals surface area contributed by atoms with E-state index in [9.17, 15) is 8.42 Å². The van der Waals surface area contributed by atoms with Crippen LogP contribution in [0.2, 0.25) is 0 Å². The average Bonchev–Trinajstić information content (AvgIpc) is 2.76. The zero-order valence-electron chi connectivity index (χ0n) is 9.67. The molecule has 0 aliphatic carbocycles. The monoisotopic (exact) mass is 251 g/mol. The highest BCUT2D eigenvalue weighted by atomic mass is 32.2. The maximum atomic E-state index is 11.3. The Hall–Kier alpha value is -1.62. The molecule has 2 aromatic rings. The molecule has 0 aliphatic heterocycles. The van der Waals surface area contributed by atoms with E-state index in [1.54, 1.807) is 30.5 Å². The summed E-state index contributed by atoms with van der Waals surface area (Å²) in [4.78, 5) is 4.40. The standard InChI is InChI=1S/C12H13NO3S/c1-3-12-13-8-11(16-12)9-4-6-10(7-5-9)17(2,14)15/h4-8H,3H2,1-2H3. The Morgan fingerprint density at radius 3 is 2.35 bits per heavy atom. The van der Waals surface area contributed by atoms with Gasteiger partial charge >= 0.3 is 0 Å². The van der Waals surface area contributed by atoms with Crippen molar-refractivity contribution in [3.8, 4) is 11.3 Å². The number of aromatic nitrogens is 1. The van der Waals surface area contributed by atoms with Crippen LogP contribution in [0.1, 0.15) is 12.8 Å². The number of hydrogen-bond donors (Lipinski definition) is 0. The molecule has 0 unspecified atom stereocenters. The van der Waals surface area contributed by atoms with Gasteiger partial charge in [0.15, 0.2) is 21.5 Å². The van der Waals surface area contributed by atoms with Gasteiger partial charge in [-0.1, -0.05) is 6.92 Å². The van der Waals surface area contributed by atoms with Crippen LogP contribution in [0.3, 0.4) is 0 Å². The topological polar surface area (TPSA) is 60.2 Å². The molecule has 0 amide bonds. The first-order chi connectivity index (χ1) is 8.00. The van der Waals surface area contributed by atoms with Gasteiger partial charge in [0.1, 0.15) is 0 Å². The van der Waals surface area contributed by atoms with Crippen LogP contribution in [0.4, 0.5) is 0 Å². The average molecular weight is 251 g/mol. The molecule has 90 valence electrons. The minimum absolute atomic E-state index is 0.302. The number of nitrogens with zero attached hydrogens (tertiary/aromatic N) is 1. The maximum Gasteiger partial charge on any atom is 0.194 e. The van der Waals surface area contributed by atoms with E-state index in [-0.39, 0.29) is 0 Å². The minimum Gasteiger partial charge on any atom is -0.441 e. The predicted octanol–water partition coefficient (Wildman–Crippen LogP) is 2.31. The molecular weight excluding hydrogens is 238 g/mol. The Kier molecular flexibility index (Phi) is 3.02. The van der Waals surface area contributed by atoms with Gasteiger partial charge in [-0.05, 0) is 24.3 Å². The van der Waals surface area contributed by atoms with Crippen LogP contribution in [0, 0.1) is 0 Å². The maximum absolute atomic E-state index is 11.3. The Morgan fingerprint density at radius 1 is 1.24 bits per heavy atom. The van der Waals surface area contributed by atoms with Gasteiger partial charge < -0.3 is 4.42 Å². The van der Waals surface area contributed by atoms with Gasteiger partial charge in [-0.15, -0.1) is 0 Å². The first-order valence-corrected chi connectivity index (χ1v) is 7.15. The molecule has 0 atom stereocenters. The number of hydrogen-bond acceptors (Lipinski definition) is 4. The zero-order chi connectivity index (χ0) is 12.5. The van der Waals surface area contributed by atoms with E-state index in [0.29, 0.717) is 16.5 Å². The van der Waals surface area contributed by atoms with Crippen molar-refractivity contribution in [2.75, 3.05) is 6.26 Å². The van der Waals surface area contributed by atoms with Gasteiger partial charge in [0.2, 0.25) is 0 Å². The highest BCUT2D eigenvalue weighted by Crippen LogP contribution is 2.22. The van der Waals surface area contributed by atoms with Crippen molar-refractivity contribution in [2.24, 2.45) is 0 Å². The van der Waals surface area contributed by atoms with Crippen LogP contribution in [0.15, 0.2) is 39.8 Å². The minimum atomic E-state index is -3.15. The first-order valence-electron chi connectivity index (χ1n) is 5.26. The highest BCUT2D eigenvalue weighted by Gasteiger charge is 2.09. The lowest BCUT2D eigenvalue weighted by Gasteiger charge is -1.99. The fourth-order valence-corrected chi connectivity index (χ4v) is 2.10. The van der Waals surface area contributed by atoms with Gasteiger partial charge in [0.05, 0.1) is 11.1 Å². The predicted molar refractivity (Wildman–Crippen MR) is 64.4 cm³/mol. The van der Waals surface area contributed by atoms with E-state index in [4.69, 9.17) is 4.42 Å². The van der Waals surface area contributed by atoms with E-state index in [2.05, 4.69) is 4.98 Å². The molecule has 0 saturated heterocycles. The molecule has 0 fully saturated rings. The molecule has 0 spiro atoms. The summed E-state index contributed by atoms with van der Waals surface area (Å²) in [7, 11) is -3.15. The summed E-state index contributed by atoms with van der Waals surface area (Å²) in [5, 5.41) is 0. The van der Waals surface area contributed by atoms with Crippen molar-refractivity contribution >= 4 is 9.84 Å². The van der Waals surface area contributed by atoms with Gasteiger partial charge in [0.25, 0.3) is 0 Å². The molecule has 1 heterocycles. The summed E-state index contributed by atoms with van der Waals surface area (Å²) < 4.78 is 28.1. The lowest BCUT2D eigenvalue weighted by molar-refractivity contribution is 0.514. The number of aryl methyl sites for hydroxylation is 1. The molecule has 0 saturated carbocycles. The highest BCUT2D eigenvalue weighted by molar-refractivity contribution is 7.90. The summed E-state index contributed by atoms with van der Waals surface area (Å²) in [6.07, 6.45) is 3.57. The second-order valence-corrected chi connectivity index (χ2v) is 5.78. The molecule has 1 aromatic carbocycles. The Balaban J connectivity index is 2.35. The third-order valence-corrected chi connectivity index (χ3v) is 3.55. The van der Waals surface area contributed by atoms with Crippen LogP contribution in [0.5, 0.6) is 0 Å². The second-order valence-electron chi connectivity index (χ2n) is 3.77. The second kappa shape index (κ2) is 4.33. The van der Waals surface area contributed by atoms with Crippen molar-refractivity contribution in [3.05, 3.63) is 36.4 Å². The van der Waals surface area contributed by atoms with Crippen LogP contribution in [-0.2, 0) is 16.3 Å². The summed E-state index contributed by atoms with van der Waals surface area (Å²) in [6.45, 7) is 1.96. The lowest BCUT2D eigenvalue weighted by Crippen LogP contribution is -1.95. The van der Waals surface area contributed by atoms with Crippen molar-refractivity contribution in [1.29, 1.82) is 0 Å². The molecule has 0 radical (unpaired) electrons. The summed E-state index contributed by atoms with van der Waals surface area (Å²) in [5.74, 6) is 1.33. The Bertz CT molecular complexity index is 611. The zero-order valence-corrected chi connectivity index (χ0v) is 10.5. The van der Waals surface area contributed by atoms with E-state index in [1.165, 1.54) is 6.26 Å². The van der Waals surface area contributed by atoms with Crippen LogP contribution < -0.4 is 0 Å².